The first-order valence-electron chi connectivity index (χ1n) is 7.17. The lowest BCUT2D eigenvalue weighted by molar-refractivity contribution is 0.193. The second-order valence-electron chi connectivity index (χ2n) is 5.22. The van der Waals surface area contributed by atoms with Crippen molar-refractivity contribution < 1.29 is 9.84 Å². The molecule has 1 aliphatic heterocycles. The maximum atomic E-state index is 9.15. The van der Waals surface area contributed by atoms with Gasteiger partial charge in [-0.25, -0.2) is 9.97 Å². The third-order valence-corrected chi connectivity index (χ3v) is 3.68. The summed E-state index contributed by atoms with van der Waals surface area (Å²) in [5, 5.41) is 12.5. The van der Waals surface area contributed by atoms with Gasteiger partial charge in [-0.3, -0.25) is 0 Å². The molecule has 0 saturated carbocycles. The highest BCUT2D eigenvalue weighted by molar-refractivity contribution is 5.37. The molecule has 0 bridgehead atoms. The molecule has 1 fully saturated rings. The van der Waals surface area contributed by atoms with E-state index in [0.717, 1.165) is 42.3 Å². The first-order valence-corrected chi connectivity index (χ1v) is 7.17. The van der Waals surface area contributed by atoms with E-state index in [4.69, 9.17) is 9.84 Å². The predicted molar refractivity (Wildman–Crippen MR) is 79.9 cm³/mol. The zero-order valence-electron chi connectivity index (χ0n) is 11.8. The Bertz CT molecular complexity index is 598. The van der Waals surface area contributed by atoms with Crippen LogP contribution in [0, 0.1) is 0 Å². The number of aliphatic hydroxyl groups is 1. The number of rotatable bonds is 5. The Hall–Kier alpha value is -1.98. The van der Waals surface area contributed by atoms with Gasteiger partial charge in [0, 0.05) is 25.1 Å². The van der Waals surface area contributed by atoms with Gasteiger partial charge in [-0.05, 0) is 17.5 Å². The fourth-order valence-corrected chi connectivity index (χ4v) is 2.49. The lowest BCUT2D eigenvalue weighted by Crippen LogP contribution is -2.06. The van der Waals surface area contributed by atoms with E-state index in [1.54, 1.807) is 6.33 Å². The zero-order valence-corrected chi connectivity index (χ0v) is 11.8. The predicted octanol–water partition coefficient (Wildman–Crippen LogP) is 2.08. The van der Waals surface area contributed by atoms with Crippen molar-refractivity contribution in [3.05, 3.63) is 53.5 Å². The largest absolute Gasteiger partial charge is 0.392 e. The van der Waals surface area contributed by atoms with Crippen LogP contribution >= 0.6 is 0 Å². The molecule has 5 nitrogen and oxygen atoms in total. The molecule has 110 valence electrons. The highest BCUT2D eigenvalue weighted by atomic mass is 16.5. The van der Waals surface area contributed by atoms with Crippen LogP contribution in [0.5, 0.6) is 0 Å². The number of anilines is 1. The normalized spacial score (nSPS) is 17.9. The summed E-state index contributed by atoms with van der Waals surface area (Å²) >= 11 is 0. The minimum Gasteiger partial charge on any atom is -0.392 e. The summed E-state index contributed by atoms with van der Waals surface area (Å²) in [6.45, 7) is 2.29. The molecule has 2 heterocycles. The molecule has 5 heteroatoms. The number of nitrogens with zero attached hydrogens (tertiary/aromatic N) is 2. The molecule has 0 radical (unpaired) electrons. The standard InChI is InChI=1S/C16H19N3O2/c20-9-13-3-1-2-12(6-13)8-17-16-7-15(18-11-19-16)14-4-5-21-10-14/h1-3,6-7,11,14,20H,4-5,8-10H2,(H,17,18,19)/t14-/m0/s1. The van der Waals surface area contributed by atoms with Crippen LogP contribution in [0.4, 0.5) is 5.82 Å². The lowest BCUT2D eigenvalue weighted by atomic mass is 10.0. The molecule has 1 aromatic heterocycles. The third kappa shape index (κ3) is 3.56. The lowest BCUT2D eigenvalue weighted by Gasteiger charge is -2.10. The number of aliphatic hydroxyl groups excluding tert-OH is 1. The number of aromatic nitrogens is 2. The minimum atomic E-state index is 0.0627. The van der Waals surface area contributed by atoms with Crippen LogP contribution in [-0.2, 0) is 17.9 Å². The van der Waals surface area contributed by atoms with E-state index < -0.39 is 0 Å². The van der Waals surface area contributed by atoms with E-state index in [-0.39, 0.29) is 6.61 Å². The third-order valence-electron chi connectivity index (χ3n) is 3.68. The van der Waals surface area contributed by atoms with Crippen molar-refractivity contribution in [1.82, 2.24) is 9.97 Å². The van der Waals surface area contributed by atoms with Crippen LogP contribution in [0.15, 0.2) is 36.7 Å². The quantitative estimate of drug-likeness (QED) is 0.880. The summed E-state index contributed by atoms with van der Waals surface area (Å²) in [7, 11) is 0. The number of ether oxygens (including phenoxy) is 1. The second kappa shape index (κ2) is 6.65. The second-order valence-corrected chi connectivity index (χ2v) is 5.22. The Morgan fingerprint density at radius 2 is 2.14 bits per heavy atom. The van der Waals surface area contributed by atoms with Gasteiger partial charge in [0.05, 0.1) is 18.9 Å². The Labute approximate surface area is 124 Å². The number of hydrogen-bond acceptors (Lipinski definition) is 5. The van der Waals surface area contributed by atoms with Crippen molar-refractivity contribution in [2.75, 3.05) is 18.5 Å². The first kappa shape index (κ1) is 14.0. The van der Waals surface area contributed by atoms with Crippen molar-refractivity contribution in [3.8, 4) is 0 Å². The molecule has 0 aliphatic carbocycles. The summed E-state index contributed by atoms with van der Waals surface area (Å²) in [5.74, 6) is 1.20. The Morgan fingerprint density at radius 1 is 1.24 bits per heavy atom. The molecule has 0 amide bonds. The minimum absolute atomic E-state index is 0.0627. The summed E-state index contributed by atoms with van der Waals surface area (Å²) in [5.41, 5.74) is 3.07. The van der Waals surface area contributed by atoms with Crippen LogP contribution in [0.1, 0.15) is 29.2 Å². The van der Waals surface area contributed by atoms with Gasteiger partial charge < -0.3 is 15.2 Å². The van der Waals surface area contributed by atoms with Gasteiger partial charge in [0.1, 0.15) is 12.1 Å². The molecule has 3 rings (SSSR count). The average molecular weight is 285 g/mol. The molecule has 0 spiro atoms. The van der Waals surface area contributed by atoms with Crippen LogP contribution < -0.4 is 5.32 Å². The van der Waals surface area contributed by atoms with Crippen LogP contribution in [0.25, 0.3) is 0 Å². The molecular formula is C16H19N3O2. The molecule has 2 N–H and O–H groups in total. The molecule has 1 atom stereocenters. The highest BCUT2D eigenvalue weighted by Crippen LogP contribution is 2.24. The van der Waals surface area contributed by atoms with Crippen molar-refractivity contribution in [2.45, 2.75) is 25.5 Å². The summed E-state index contributed by atoms with van der Waals surface area (Å²) in [4.78, 5) is 8.60. The maximum absolute atomic E-state index is 9.15. The molecule has 1 aliphatic rings. The van der Waals surface area contributed by atoms with Gasteiger partial charge in [-0.2, -0.15) is 0 Å². The summed E-state index contributed by atoms with van der Waals surface area (Å²) in [6, 6.07) is 9.87. The number of hydrogen-bond donors (Lipinski definition) is 2. The van der Waals surface area contributed by atoms with Crippen LogP contribution in [0.3, 0.4) is 0 Å². The van der Waals surface area contributed by atoms with E-state index >= 15 is 0 Å². The van der Waals surface area contributed by atoms with Crippen molar-refractivity contribution in [3.63, 3.8) is 0 Å². The molecule has 1 saturated heterocycles. The monoisotopic (exact) mass is 285 g/mol. The molecule has 2 aromatic rings. The Kier molecular flexibility index (Phi) is 4.43. The smallest absolute Gasteiger partial charge is 0.129 e. The Balaban J connectivity index is 1.65. The highest BCUT2D eigenvalue weighted by Gasteiger charge is 2.19. The first-order chi connectivity index (χ1) is 10.3. The number of benzene rings is 1. The average Bonchev–Trinajstić information content (AvgIpc) is 3.08. The van der Waals surface area contributed by atoms with Gasteiger partial charge in [0.25, 0.3) is 0 Å². The van der Waals surface area contributed by atoms with E-state index in [1.807, 2.05) is 30.3 Å². The van der Waals surface area contributed by atoms with Crippen molar-refractivity contribution in [1.29, 1.82) is 0 Å². The number of nitrogens with one attached hydrogen (secondary N) is 1. The summed E-state index contributed by atoms with van der Waals surface area (Å²) < 4.78 is 5.40. The molecule has 21 heavy (non-hydrogen) atoms. The zero-order chi connectivity index (χ0) is 14.5. The summed E-state index contributed by atoms with van der Waals surface area (Å²) in [6.07, 6.45) is 2.62. The fourth-order valence-electron chi connectivity index (χ4n) is 2.49. The topological polar surface area (TPSA) is 67.3 Å². The van der Waals surface area contributed by atoms with Gasteiger partial charge in [0.15, 0.2) is 0 Å². The van der Waals surface area contributed by atoms with Crippen LogP contribution in [-0.4, -0.2) is 28.3 Å². The van der Waals surface area contributed by atoms with Gasteiger partial charge >= 0.3 is 0 Å². The Morgan fingerprint density at radius 3 is 2.95 bits per heavy atom. The molecule has 1 aromatic carbocycles. The van der Waals surface area contributed by atoms with Gasteiger partial charge in [-0.15, -0.1) is 0 Å². The van der Waals surface area contributed by atoms with E-state index in [1.165, 1.54) is 0 Å². The van der Waals surface area contributed by atoms with E-state index in [2.05, 4.69) is 15.3 Å². The van der Waals surface area contributed by atoms with Crippen molar-refractivity contribution in [2.24, 2.45) is 0 Å². The SMILES string of the molecule is OCc1cccc(CNc2cc([C@H]3CCOC3)ncn2)c1. The van der Waals surface area contributed by atoms with Gasteiger partial charge in [0.2, 0.25) is 0 Å². The van der Waals surface area contributed by atoms with Crippen LogP contribution in [0.2, 0.25) is 0 Å². The molecule has 0 unspecified atom stereocenters. The van der Waals surface area contributed by atoms with E-state index in [0.29, 0.717) is 12.5 Å². The fraction of sp³-hybridized carbons (Fsp3) is 0.375. The van der Waals surface area contributed by atoms with Crippen molar-refractivity contribution >= 4 is 5.82 Å². The van der Waals surface area contributed by atoms with Gasteiger partial charge in [-0.1, -0.05) is 24.3 Å². The molecular weight excluding hydrogens is 266 g/mol. The maximum Gasteiger partial charge on any atom is 0.129 e. The van der Waals surface area contributed by atoms with E-state index in [9.17, 15) is 0 Å².